The molecular weight excluding hydrogens is 471 g/mol. The summed E-state index contributed by atoms with van der Waals surface area (Å²) in [5.41, 5.74) is 1.36. The molecule has 0 saturated heterocycles. The number of nitrogens with one attached hydrogen (secondary N) is 2. The van der Waals surface area contributed by atoms with E-state index < -0.39 is 0 Å². The fourth-order valence-electron chi connectivity index (χ4n) is 3.09. The van der Waals surface area contributed by atoms with Crippen LogP contribution in [0.2, 0.25) is 0 Å². The number of guanidine groups is 1. The van der Waals surface area contributed by atoms with Crippen LogP contribution >= 0.6 is 35.3 Å². The van der Waals surface area contributed by atoms with Gasteiger partial charge in [0.1, 0.15) is 5.82 Å². The van der Waals surface area contributed by atoms with Crippen LogP contribution in [0.5, 0.6) is 0 Å². The average molecular weight is 502 g/mol. The molecule has 0 fully saturated rings. The number of aromatic nitrogens is 3. The van der Waals surface area contributed by atoms with Crippen molar-refractivity contribution in [1.82, 2.24) is 25.4 Å². The molecule has 6 nitrogen and oxygen atoms in total. The lowest BCUT2D eigenvalue weighted by molar-refractivity contribution is 0.391. The third-order valence-corrected chi connectivity index (χ3v) is 5.41. The van der Waals surface area contributed by atoms with Gasteiger partial charge in [0, 0.05) is 37.4 Å². The summed E-state index contributed by atoms with van der Waals surface area (Å²) in [5.74, 6) is 3.76. The molecule has 8 heteroatoms. The van der Waals surface area contributed by atoms with Crippen LogP contribution in [0.3, 0.4) is 0 Å². The quantitative estimate of drug-likeness (QED) is 0.359. The van der Waals surface area contributed by atoms with E-state index in [2.05, 4.69) is 69.9 Å². The maximum absolute atomic E-state index is 4.81. The molecule has 3 heterocycles. The molecular formula is C19H31IN6S. The fourth-order valence-corrected chi connectivity index (χ4v) is 3.88. The van der Waals surface area contributed by atoms with Gasteiger partial charge in [0.25, 0.3) is 0 Å². The first-order valence-electron chi connectivity index (χ1n) is 9.57. The van der Waals surface area contributed by atoms with Gasteiger partial charge in [-0.3, -0.25) is 4.99 Å². The maximum Gasteiger partial charge on any atom is 0.191 e. The molecule has 2 unspecified atom stereocenters. The van der Waals surface area contributed by atoms with Crippen LogP contribution in [0.15, 0.2) is 21.8 Å². The summed E-state index contributed by atoms with van der Waals surface area (Å²) in [6.45, 7) is 11.1. The number of thiophene rings is 1. The monoisotopic (exact) mass is 502 g/mol. The Labute approximate surface area is 183 Å². The first-order chi connectivity index (χ1) is 12.6. The van der Waals surface area contributed by atoms with Gasteiger partial charge in [0.05, 0.1) is 6.54 Å². The summed E-state index contributed by atoms with van der Waals surface area (Å²) in [7, 11) is 0. The number of rotatable bonds is 6. The summed E-state index contributed by atoms with van der Waals surface area (Å²) in [5, 5.41) is 16.0. The van der Waals surface area contributed by atoms with Crippen molar-refractivity contribution in [1.29, 1.82) is 0 Å². The fraction of sp³-hybridized carbons (Fsp3) is 0.632. The summed E-state index contributed by atoms with van der Waals surface area (Å²) in [6, 6.07) is 2.52. The summed E-state index contributed by atoms with van der Waals surface area (Å²) in [4.78, 5) is 9.47. The SMILES string of the molecule is CCNC(=NCC(C)c1ccsc1)NC1CCc2nc(C(C)C)nn2C1.I. The van der Waals surface area contributed by atoms with Gasteiger partial charge in [0.15, 0.2) is 11.8 Å². The van der Waals surface area contributed by atoms with E-state index >= 15 is 0 Å². The highest BCUT2D eigenvalue weighted by molar-refractivity contribution is 14.0. The van der Waals surface area contributed by atoms with Gasteiger partial charge in [-0.25, -0.2) is 9.67 Å². The largest absolute Gasteiger partial charge is 0.357 e. The topological polar surface area (TPSA) is 67.1 Å². The molecule has 0 saturated carbocycles. The minimum Gasteiger partial charge on any atom is -0.357 e. The Bertz CT molecular complexity index is 725. The number of aryl methyl sites for hydroxylation is 1. The van der Waals surface area contributed by atoms with Crippen molar-refractivity contribution in [3.8, 4) is 0 Å². The van der Waals surface area contributed by atoms with Gasteiger partial charge in [-0.15, -0.1) is 24.0 Å². The molecule has 1 aliphatic rings. The third kappa shape index (κ3) is 5.91. The third-order valence-electron chi connectivity index (χ3n) is 4.71. The second-order valence-corrected chi connectivity index (χ2v) is 8.06. The first kappa shape index (κ1) is 22.1. The van der Waals surface area contributed by atoms with E-state index in [1.807, 2.05) is 0 Å². The predicted octanol–water partition coefficient (Wildman–Crippen LogP) is 3.75. The van der Waals surface area contributed by atoms with Crippen molar-refractivity contribution in [2.45, 2.75) is 65.0 Å². The van der Waals surface area contributed by atoms with Gasteiger partial charge < -0.3 is 10.6 Å². The Morgan fingerprint density at radius 3 is 2.89 bits per heavy atom. The minimum absolute atomic E-state index is 0. The lowest BCUT2D eigenvalue weighted by atomic mass is 10.1. The average Bonchev–Trinajstić information content (AvgIpc) is 3.28. The number of hydrogen-bond acceptors (Lipinski definition) is 4. The number of hydrogen-bond donors (Lipinski definition) is 2. The van der Waals surface area contributed by atoms with E-state index in [1.54, 1.807) is 11.3 Å². The number of aliphatic imine (C=N–C) groups is 1. The standard InChI is InChI=1S/C19H30N6S.HI/c1-5-20-19(21-10-14(4)15-8-9-26-12-15)22-16-6-7-17-23-18(13(2)3)24-25(17)11-16;/h8-9,12-14,16H,5-7,10-11H2,1-4H3,(H2,20,21,22);1H. The van der Waals surface area contributed by atoms with Crippen LogP contribution in [0.25, 0.3) is 0 Å². The highest BCUT2D eigenvalue weighted by atomic mass is 127. The lowest BCUT2D eigenvalue weighted by Crippen LogP contribution is -2.47. The van der Waals surface area contributed by atoms with Crippen molar-refractivity contribution in [3.63, 3.8) is 0 Å². The number of nitrogens with zero attached hydrogens (tertiary/aromatic N) is 4. The summed E-state index contributed by atoms with van der Waals surface area (Å²) in [6.07, 6.45) is 2.02. The predicted molar refractivity (Wildman–Crippen MR) is 123 cm³/mol. The molecule has 0 aliphatic carbocycles. The van der Waals surface area contributed by atoms with Crippen LogP contribution in [0, 0.1) is 0 Å². The zero-order chi connectivity index (χ0) is 18.5. The molecule has 1 aliphatic heterocycles. The van der Waals surface area contributed by atoms with Crippen LogP contribution < -0.4 is 10.6 Å². The molecule has 27 heavy (non-hydrogen) atoms. The Morgan fingerprint density at radius 1 is 1.41 bits per heavy atom. The second-order valence-electron chi connectivity index (χ2n) is 7.28. The molecule has 2 atom stereocenters. The van der Waals surface area contributed by atoms with Crippen LogP contribution in [0.1, 0.15) is 63.2 Å². The molecule has 0 amide bonds. The number of fused-ring (bicyclic) bond motifs is 1. The lowest BCUT2D eigenvalue weighted by Gasteiger charge is -2.25. The minimum atomic E-state index is 0. The van der Waals surface area contributed by atoms with Gasteiger partial charge in [-0.05, 0) is 35.7 Å². The van der Waals surface area contributed by atoms with Crippen molar-refractivity contribution in [2.75, 3.05) is 13.1 Å². The highest BCUT2D eigenvalue weighted by Gasteiger charge is 2.23. The summed E-state index contributed by atoms with van der Waals surface area (Å²) < 4.78 is 2.06. The van der Waals surface area contributed by atoms with Gasteiger partial charge in [0.2, 0.25) is 0 Å². The highest BCUT2D eigenvalue weighted by Crippen LogP contribution is 2.19. The normalized spacial score (nSPS) is 18.0. The Morgan fingerprint density at radius 2 is 2.22 bits per heavy atom. The second kappa shape index (κ2) is 10.4. The van der Waals surface area contributed by atoms with E-state index in [9.17, 15) is 0 Å². The van der Waals surface area contributed by atoms with Crippen LogP contribution in [0.4, 0.5) is 0 Å². The molecule has 2 aromatic rings. The van der Waals surface area contributed by atoms with Gasteiger partial charge in [-0.1, -0.05) is 20.8 Å². The molecule has 3 rings (SSSR count). The molecule has 2 aromatic heterocycles. The van der Waals surface area contributed by atoms with Crippen molar-refractivity contribution in [3.05, 3.63) is 34.0 Å². The molecule has 2 N–H and O–H groups in total. The summed E-state index contributed by atoms with van der Waals surface area (Å²) >= 11 is 1.74. The number of halogens is 1. The first-order valence-corrected chi connectivity index (χ1v) is 10.5. The zero-order valence-corrected chi connectivity index (χ0v) is 19.8. The van der Waals surface area contributed by atoms with E-state index in [-0.39, 0.29) is 24.0 Å². The smallest absolute Gasteiger partial charge is 0.191 e. The Balaban J connectivity index is 0.00000261. The van der Waals surface area contributed by atoms with E-state index in [0.717, 1.165) is 50.1 Å². The van der Waals surface area contributed by atoms with Crippen molar-refractivity contribution >= 4 is 41.3 Å². The maximum atomic E-state index is 4.81. The van der Waals surface area contributed by atoms with Gasteiger partial charge >= 0.3 is 0 Å². The van der Waals surface area contributed by atoms with E-state index in [4.69, 9.17) is 4.99 Å². The Hall–Kier alpha value is -1.16. The van der Waals surface area contributed by atoms with Gasteiger partial charge in [-0.2, -0.15) is 16.4 Å². The molecule has 0 radical (unpaired) electrons. The van der Waals surface area contributed by atoms with E-state index in [0.29, 0.717) is 17.9 Å². The zero-order valence-electron chi connectivity index (χ0n) is 16.6. The van der Waals surface area contributed by atoms with E-state index in [1.165, 1.54) is 5.56 Å². The molecule has 0 aromatic carbocycles. The van der Waals surface area contributed by atoms with Crippen molar-refractivity contribution in [2.24, 2.45) is 4.99 Å². The van der Waals surface area contributed by atoms with Crippen LogP contribution in [-0.4, -0.2) is 39.9 Å². The van der Waals surface area contributed by atoms with Crippen LogP contribution in [-0.2, 0) is 13.0 Å². The molecule has 0 spiro atoms. The molecule has 150 valence electrons. The Kier molecular flexibility index (Phi) is 8.53. The van der Waals surface area contributed by atoms with Crippen molar-refractivity contribution < 1.29 is 0 Å². The molecule has 0 bridgehead atoms.